The van der Waals surface area contributed by atoms with Crippen LogP contribution in [0.3, 0.4) is 0 Å². The van der Waals surface area contributed by atoms with Gasteiger partial charge in [-0.3, -0.25) is 4.57 Å². The van der Waals surface area contributed by atoms with Gasteiger partial charge < -0.3 is 0 Å². The molecule has 4 rings (SSSR count). The molecule has 0 aliphatic carbocycles. The number of benzene rings is 2. The van der Waals surface area contributed by atoms with Crippen LogP contribution in [-0.2, 0) is 5.75 Å². The minimum atomic E-state index is 0.546. The van der Waals surface area contributed by atoms with Gasteiger partial charge in [0.05, 0.1) is 0 Å². The third-order valence-electron chi connectivity index (χ3n) is 4.27. The Morgan fingerprint density at radius 2 is 1.81 bits per heavy atom. The summed E-state index contributed by atoms with van der Waals surface area (Å²) in [4.78, 5) is 5.83. The van der Waals surface area contributed by atoms with Gasteiger partial charge in [0.2, 0.25) is 0 Å². The van der Waals surface area contributed by atoms with Gasteiger partial charge in [0.25, 0.3) is 0 Å². The number of nitrogens with zero attached hydrogens (tertiary/aromatic N) is 4. The molecule has 0 atom stereocenters. The van der Waals surface area contributed by atoms with E-state index in [1.165, 1.54) is 16.0 Å². The molecule has 0 fully saturated rings. The van der Waals surface area contributed by atoms with Gasteiger partial charge in [0, 0.05) is 28.1 Å². The molecule has 4 nitrogen and oxygen atoms in total. The lowest BCUT2D eigenvalue weighted by Crippen LogP contribution is -1.94. The molecule has 0 saturated heterocycles. The minimum absolute atomic E-state index is 0.546. The largest absolute Gasteiger partial charge is 0.277 e. The molecule has 0 bridgehead atoms. The first-order chi connectivity index (χ1) is 13.2. The maximum Gasteiger partial charge on any atom is 0.195 e. The highest BCUT2D eigenvalue weighted by Crippen LogP contribution is 2.31. The predicted molar refractivity (Wildman–Crippen MR) is 113 cm³/mol. The molecule has 136 valence electrons. The summed E-state index contributed by atoms with van der Waals surface area (Å²) in [5.41, 5.74) is 3.60. The molecule has 0 spiro atoms. The second-order valence-corrected chi connectivity index (χ2v) is 8.57. The van der Waals surface area contributed by atoms with Crippen molar-refractivity contribution >= 4 is 23.1 Å². The van der Waals surface area contributed by atoms with Gasteiger partial charge in [0.15, 0.2) is 5.16 Å². The third kappa shape index (κ3) is 4.12. The highest BCUT2D eigenvalue weighted by atomic mass is 32.2. The van der Waals surface area contributed by atoms with Gasteiger partial charge in [-0.15, -0.1) is 21.5 Å². The smallest absolute Gasteiger partial charge is 0.195 e. The quantitative estimate of drug-likeness (QED) is 0.389. The molecular formula is C21H20N4S2. The molecule has 0 amide bonds. The maximum absolute atomic E-state index is 4.60. The van der Waals surface area contributed by atoms with Crippen LogP contribution in [0.5, 0.6) is 0 Å². The van der Waals surface area contributed by atoms with Gasteiger partial charge in [-0.25, -0.2) is 4.98 Å². The number of thioether (sulfide) groups is 1. The Morgan fingerprint density at radius 1 is 1.04 bits per heavy atom. The molecule has 0 aliphatic heterocycles. The van der Waals surface area contributed by atoms with E-state index in [0.29, 0.717) is 5.92 Å². The fraction of sp³-hybridized carbons (Fsp3) is 0.190. The van der Waals surface area contributed by atoms with E-state index < -0.39 is 0 Å². The van der Waals surface area contributed by atoms with Crippen LogP contribution in [0.4, 0.5) is 0 Å². The van der Waals surface area contributed by atoms with E-state index in [-0.39, 0.29) is 0 Å². The zero-order chi connectivity index (χ0) is 18.6. The van der Waals surface area contributed by atoms with Crippen molar-refractivity contribution in [1.82, 2.24) is 19.7 Å². The van der Waals surface area contributed by atoms with Crippen molar-refractivity contribution < 1.29 is 0 Å². The molecule has 0 saturated carbocycles. The first-order valence-electron chi connectivity index (χ1n) is 8.84. The Morgan fingerprint density at radius 3 is 2.56 bits per heavy atom. The molecule has 4 aromatic rings. The zero-order valence-corrected chi connectivity index (χ0v) is 16.9. The Hall–Kier alpha value is -2.44. The first-order valence-corrected chi connectivity index (χ1v) is 10.6. The first kappa shape index (κ1) is 17.9. The van der Waals surface area contributed by atoms with E-state index in [2.05, 4.69) is 65.4 Å². The van der Waals surface area contributed by atoms with Crippen LogP contribution < -0.4 is 0 Å². The molecule has 2 heterocycles. The summed E-state index contributed by atoms with van der Waals surface area (Å²) in [5, 5.41) is 10.3. The lowest BCUT2D eigenvalue weighted by atomic mass is 10.0. The van der Waals surface area contributed by atoms with Crippen LogP contribution in [0, 0.1) is 0 Å². The van der Waals surface area contributed by atoms with E-state index in [1.807, 2.05) is 29.0 Å². The van der Waals surface area contributed by atoms with Gasteiger partial charge >= 0.3 is 0 Å². The van der Waals surface area contributed by atoms with Crippen molar-refractivity contribution in [3.63, 3.8) is 0 Å². The van der Waals surface area contributed by atoms with E-state index in [9.17, 15) is 0 Å². The minimum Gasteiger partial charge on any atom is -0.277 e. The zero-order valence-electron chi connectivity index (χ0n) is 15.2. The number of hydrogen-bond acceptors (Lipinski definition) is 5. The molecule has 2 aromatic heterocycles. The molecule has 0 unspecified atom stereocenters. The lowest BCUT2D eigenvalue weighted by molar-refractivity contribution is 0.867. The molecule has 0 N–H and O–H groups in total. The Balaban J connectivity index is 1.46. The monoisotopic (exact) mass is 392 g/mol. The van der Waals surface area contributed by atoms with E-state index >= 15 is 0 Å². The van der Waals surface area contributed by atoms with Gasteiger partial charge in [0.1, 0.15) is 11.3 Å². The van der Waals surface area contributed by atoms with Crippen molar-refractivity contribution in [3.05, 3.63) is 77.6 Å². The van der Waals surface area contributed by atoms with Crippen LogP contribution in [-0.4, -0.2) is 19.7 Å². The summed E-state index contributed by atoms with van der Waals surface area (Å²) in [7, 11) is 0. The molecule has 2 aromatic carbocycles. The van der Waals surface area contributed by atoms with Gasteiger partial charge in [-0.1, -0.05) is 68.1 Å². The lowest BCUT2D eigenvalue weighted by Gasteiger charge is -2.05. The van der Waals surface area contributed by atoms with Gasteiger partial charge in [-0.05, 0) is 23.6 Å². The van der Waals surface area contributed by atoms with Gasteiger partial charge in [-0.2, -0.15) is 0 Å². The number of hydrogen-bond donors (Lipinski definition) is 0. The molecule has 0 aliphatic rings. The number of aromatic nitrogens is 4. The van der Waals surface area contributed by atoms with Crippen molar-refractivity contribution in [2.75, 3.05) is 0 Å². The standard InChI is InChI=1S/C21H20N4S2/c1-15(2)16-8-10-17(11-9-16)20-22-12-19(27-20)13-26-21-24-23-14-25(21)18-6-4-3-5-7-18/h3-12,14-15H,13H2,1-2H3. The van der Waals surface area contributed by atoms with Crippen LogP contribution >= 0.6 is 23.1 Å². The summed E-state index contributed by atoms with van der Waals surface area (Å²) >= 11 is 3.41. The van der Waals surface area contributed by atoms with Crippen molar-refractivity contribution in [2.24, 2.45) is 0 Å². The van der Waals surface area contributed by atoms with Crippen molar-refractivity contribution in [1.29, 1.82) is 0 Å². The summed E-state index contributed by atoms with van der Waals surface area (Å²) in [6.07, 6.45) is 3.72. The highest BCUT2D eigenvalue weighted by Gasteiger charge is 2.10. The molecule has 27 heavy (non-hydrogen) atoms. The van der Waals surface area contributed by atoms with Crippen molar-refractivity contribution in [3.8, 4) is 16.3 Å². The second-order valence-electron chi connectivity index (χ2n) is 6.52. The van der Waals surface area contributed by atoms with Crippen LogP contribution in [0.15, 0.2) is 72.3 Å². The number of rotatable bonds is 6. The summed E-state index contributed by atoms with van der Waals surface area (Å²) in [5.74, 6) is 1.37. The average Bonchev–Trinajstić information content (AvgIpc) is 3.36. The SMILES string of the molecule is CC(C)c1ccc(-c2ncc(CSc3nncn3-c3ccccc3)s2)cc1. The number of para-hydroxylation sites is 1. The van der Waals surface area contributed by atoms with Crippen LogP contribution in [0.2, 0.25) is 0 Å². The molecule has 6 heteroatoms. The summed E-state index contributed by atoms with van der Waals surface area (Å²) < 4.78 is 2.01. The summed E-state index contributed by atoms with van der Waals surface area (Å²) in [6, 6.07) is 18.9. The van der Waals surface area contributed by atoms with Crippen LogP contribution in [0.1, 0.15) is 30.2 Å². The highest BCUT2D eigenvalue weighted by molar-refractivity contribution is 7.98. The van der Waals surface area contributed by atoms with E-state index in [1.54, 1.807) is 29.4 Å². The predicted octanol–water partition coefficient (Wildman–Crippen LogP) is 5.81. The Bertz CT molecular complexity index is 1000. The number of thiazole rings is 1. The van der Waals surface area contributed by atoms with E-state index in [4.69, 9.17) is 0 Å². The maximum atomic E-state index is 4.60. The Kier molecular flexibility index (Phi) is 5.36. The third-order valence-corrected chi connectivity index (χ3v) is 6.49. The van der Waals surface area contributed by atoms with Crippen molar-refractivity contribution in [2.45, 2.75) is 30.7 Å². The fourth-order valence-corrected chi connectivity index (χ4v) is 4.61. The Labute approximate surface area is 167 Å². The fourth-order valence-electron chi connectivity index (χ4n) is 2.74. The second kappa shape index (κ2) is 8.06. The average molecular weight is 393 g/mol. The topological polar surface area (TPSA) is 43.6 Å². The normalized spacial score (nSPS) is 11.2. The van der Waals surface area contributed by atoms with E-state index in [0.717, 1.165) is 21.6 Å². The molecule has 0 radical (unpaired) electrons. The van der Waals surface area contributed by atoms with Crippen LogP contribution in [0.25, 0.3) is 16.3 Å². The summed E-state index contributed by atoms with van der Waals surface area (Å²) in [6.45, 7) is 4.42. The molecular weight excluding hydrogens is 372 g/mol.